The molecule has 2 N–H and O–H groups in total. The van der Waals surface area contributed by atoms with Gasteiger partial charge < -0.3 is 20.0 Å². The number of carboxylic acids is 2. The minimum Gasteiger partial charge on any atom is -0.480 e. The molecule has 0 radical (unpaired) electrons. The maximum atomic E-state index is 14.1. The van der Waals surface area contributed by atoms with Crippen molar-refractivity contribution in [3.05, 3.63) is 57.6 Å². The van der Waals surface area contributed by atoms with Crippen LogP contribution in [0.2, 0.25) is 10.0 Å². The Morgan fingerprint density at radius 3 is 1.34 bits per heavy atom. The Balaban J connectivity index is 1.69. The first-order valence-electron chi connectivity index (χ1n) is 15.1. The third kappa shape index (κ3) is 7.52. The first-order chi connectivity index (χ1) is 21.1. The molecule has 2 aliphatic rings. The lowest BCUT2D eigenvalue weighted by Crippen LogP contribution is -2.50. The van der Waals surface area contributed by atoms with Crippen molar-refractivity contribution in [3.8, 4) is 0 Å². The van der Waals surface area contributed by atoms with Crippen molar-refractivity contribution in [3.63, 3.8) is 0 Å². The summed E-state index contributed by atoms with van der Waals surface area (Å²) in [6, 6.07) is 7.66. The SMILES string of the molecule is CCC(C(=O)O)N(C(=O)c1cccc(Cl)c1SSc1c(Cl)cccc1C(=O)N(C1CCCC1)C(CC)C(=O)O)C1CCCC1. The molecule has 2 aromatic rings. The number of hydrogen-bond acceptors (Lipinski definition) is 6. The highest BCUT2D eigenvalue weighted by molar-refractivity contribution is 8.76. The van der Waals surface area contributed by atoms with Crippen molar-refractivity contribution in [2.45, 2.75) is 112 Å². The van der Waals surface area contributed by atoms with E-state index < -0.39 is 35.8 Å². The van der Waals surface area contributed by atoms with Crippen LogP contribution < -0.4 is 0 Å². The van der Waals surface area contributed by atoms with Gasteiger partial charge in [-0.2, -0.15) is 0 Å². The van der Waals surface area contributed by atoms with E-state index in [-0.39, 0.29) is 36.1 Å². The van der Waals surface area contributed by atoms with E-state index in [0.29, 0.717) is 19.8 Å². The van der Waals surface area contributed by atoms with E-state index in [2.05, 4.69) is 0 Å². The fourth-order valence-corrected chi connectivity index (χ4v) is 9.74. The van der Waals surface area contributed by atoms with Crippen molar-refractivity contribution in [1.82, 2.24) is 9.80 Å². The zero-order valence-corrected chi connectivity index (χ0v) is 28.0. The molecule has 2 atom stereocenters. The third-order valence-electron chi connectivity index (χ3n) is 8.52. The lowest BCUT2D eigenvalue weighted by atomic mass is 10.1. The van der Waals surface area contributed by atoms with E-state index >= 15 is 0 Å². The number of hydrogen-bond donors (Lipinski definition) is 2. The third-order valence-corrected chi connectivity index (χ3v) is 11.9. The average Bonchev–Trinajstić information content (AvgIpc) is 3.72. The Bertz CT molecular complexity index is 1280. The Morgan fingerprint density at radius 1 is 0.705 bits per heavy atom. The minimum atomic E-state index is -1.05. The molecular formula is C32H38Cl2N2O6S2. The Hall–Kier alpha value is -2.40. The van der Waals surface area contributed by atoms with Crippen LogP contribution in [-0.4, -0.2) is 67.9 Å². The molecule has 8 nitrogen and oxygen atoms in total. The highest BCUT2D eigenvalue weighted by Gasteiger charge is 2.39. The van der Waals surface area contributed by atoms with Gasteiger partial charge in [0.05, 0.1) is 21.2 Å². The number of amides is 2. The molecule has 0 heterocycles. The van der Waals surface area contributed by atoms with Gasteiger partial charge in [0.15, 0.2) is 0 Å². The normalized spacial score (nSPS) is 16.9. The Morgan fingerprint density at radius 2 is 1.05 bits per heavy atom. The van der Waals surface area contributed by atoms with Gasteiger partial charge in [0.1, 0.15) is 12.1 Å². The predicted octanol–water partition coefficient (Wildman–Crippen LogP) is 8.29. The summed E-state index contributed by atoms with van der Waals surface area (Å²) in [6.07, 6.45) is 7.23. The first-order valence-corrected chi connectivity index (χ1v) is 18.0. The second-order valence-corrected chi connectivity index (χ2v) is 14.2. The lowest BCUT2D eigenvalue weighted by Gasteiger charge is -2.34. The van der Waals surface area contributed by atoms with Crippen molar-refractivity contribution in [1.29, 1.82) is 0 Å². The molecule has 12 heteroatoms. The van der Waals surface area contributed by atoms with Crippen molar-refractivity contribution < 1.29 is 29.4 Å². The van der Waals surface area contributed by atoms with Gasteiger partial charge in [-0.05, 0) is 62.8 Å². The number of aliphatic carboxylic acids is 2. The van der Waals surface area contributed by atoms with Gasteiger partial charge in [-0.3, -0.25) is 9.59 Å². The second-order valence-electron chi connectivity index (χ2n) is 11.2. The van der Waals surface area contributed by atoms with Gasteiger partial charge in [0.25, 0.3) is 11.8 Å². The number of benzene rings is 2. The summed E-state index contributed by atoms with van der Waals surface area (Å²) in [5.74, 6) is -2.88. The van der Waals surface area contributed by atoms with Crippen molar-refractivity contribution in [2.24, 2.45) is 0 Å². The summed E-state index contributed by atoms with van der Waals surface area (Å²) >= 11 is 13.3. The fourth-order valence-electron chi connectivity index (χ4n) is 6.35. The van der Waals surface area contributed by atoms with E-state index in [1.165, 1.54) is 31.4 Å². The highest BCUT2D eigenvalue weighted by Crippen LogP contribution is 2.47. The Kier molecular flexibility index (Phi) is 12.3. The molecule has 2 aromatic carbocycles. The molecule has 2 unspecified atom stereocenters. The van der Waals surface area contributed by atoms with E-state index in [1.54, 1.807) is 50.2 Å². The van der Waals surface area contributed by atoms with Crippen LogP contribution >= 0.6 is 44.8 Å². The van der Waals surface area contributed by atoms with E-state index in [4.69, 9.17) is 23.2 Å². The predicted molar refractivity (Wildman–Crippen MR) is 175 cm³/mol. The van der Waals surface area contributed by atoms with Crippen LogP contribution in [0.1, 0.15) is 98.8 Å². The quantitative estimate of drug-likeness (QED) is 0.203. The van der Waals surface area contributed by atoms with Crippen LogP contribution in [0.15, 0.2) is 46.2 Å². The van der Waals surface area contributed by atoms with E-state index in [1.807, 2.05) is 0 Å². The molecule has 0 aromatic heterocycles. The monoisotopic (exact) mass is 680 g/mol. The first kappa shape index (κ1) is 34.5. The van der Waals surface area contributed by atoms with E-state index in [0.717, 1.165) is 51.4 Å². The fraction of sp³-hybridized carbons (Fsp3) is 0.500. The maximum Gasteiger partial charge on any atom is 0.326 e. The van der Waals surface area contributed by atoms with Gasteiger partial charge in [0.2, 0.25) is 0 Å². The minimum absolute atomic E-state index is 0.178. The van der Waals surface area contributed by atoms with Gasteiger partial charge in [-0.1, -0.05) is 96.5 Å². The van der Waals surface area contributed by atoms with Crippen molar-refractivity contribution in [2.75, 3.05) is 0 Å². The number of halogens is 2. The number of carboxylic acid groups (broad SMARTS) is 2. The van der Waals surface area contributed by atoms with Crippen LogP contribution in [0.5, 0.6) is 0 Å². The standard InChI is InChI=1S/C32H38Cl2N2O6S2/c1-3-25(31(39)40)35(19-11-5-6-12-19)29(37)21-15-9-17-23(33)27(21)43-44-28-22(16-10-18-24(28)34)30(38)36(20-13-7-8-14-20)26(4-2)32(41)42/h9-10,15-20,25-26H,3-8,11-14H2,1-2H3,(H,39,40)(H,41,42). The van der Waals surface area contributed by atoms with Gasteiger partial charge in [0, 0.05) is 21.9 Å². The molecule has 2 fully saturated rings. The lowest BCUT2D eigenvalue weighted by molar-refractivity contribution is -0.144. The van der Waals surface area contributed by atoms with Gasteiger partial charge >= 0.3 is 11.9 Å². The molecule has 0 saturated heterocycles. The second kappa shape index (κ2) is 15.7. The topological polar surface area (TPSA) is 115 Å². The summed E-state index contributed by atoms with van der Waals surface area (Å²) < 4.78 is 0. The zero-order valence-electron chi connectivity index (χ0n) is 24.8. The molecule has 44 heavy (non-hydrogen) atoms. The average molecular weight is 682 g/mol. The van der Waals surface area contributed by atoms with Gasteiger partial charge in [-0.25, -0.2) is 9.59 Å². The van der Waals surface area contributed by atoms with Crippen LogP contribution in [0.25, 0.3) is 0 Å². The zero-order chi connectivity index (χ0) is 32.0. The molecule has 0 aliphatic heterocycles. The molecule has 2 saturated carbocycles. The summed E-state index contributed by atoms with van der Waals surface area (Å²) in [4.78, 5) is 56.5. The molecular weight excluding hydrogens is 643 g/mol. The molecule has 0 bridgehead atoms. The summed E-state index contributed by atoms with van der Waals surface area (Å²) in [5.41, 5.74) is 0.567. The summed E-state index contributed by atoms with van der Waals surface area (Å²) in [5, 5.41) is 20.6. The number of carbonyl (C=O) groups excluding carboxylic acids is 2. The number of nitrogens with zero attached hydrogens (tertiary/aromatic N) is 2. The molecule has 0 spiro atoms. The number of carbonyl (C=O) groups is 4. The number of rotatable bonds is 13. The molecule has 2 amide bonds. The summed E-state index contributed by atoms with van der Waals surface area (Å²) in [7, 11) is 2.34. The van der Waals surface area contributed by atoms with Crippen LogP contribution in [-0.2, 0) is 9.59 Å². The van der Waals surface area contributed by atoms with Crippen molar-refractivity contribution >= 4 is 68.5 Å². The van der Waals surface area contributed by atoms with E-state index in [9.17, 15) is 29.4 Å². The Labute approximate surface area is 276 Å². The van der Waals surface area contributed by atoms with Crippen LogP contribution in [0, 0.1) is 0 Å². The molecule has 238 valence electrons. The highest BCUT2D eigenvalue weighted by atomic mass is 35.5. The van der Waals surface area contributed by atoms with Gasteiger partial charge in [-0.15, -0.1) is 0 Å². The maximum absolute atomic E-state index is 14.1. The van der Waals surface area contributed by atoms with Crippen LogP contribution in [0.4, 0.5) is 0 Å². The molecule has 2 aliphatic carbocycles. The largest absolute Gasteiger partial charge is 0.480 e. The summed E-state index contributed by atoms with van der Waals surface area (Å²) in [6.45, 7) is 3.52. The molecule has 4 rings (SSSR count). The smallest absolute Gasteiger partial charge is 0.326 e. The van der Waals surface area contributed by atoms with Crippen LogP contribution in [0.3, 0.4) is 0 Å².